The van der Waals surface area contributed by atoms with Crippen LogP contribution in [0.25, 0.3) is 0 Å². The lowest BCUT2D eigenvalue weighted by atomic mass is 9.85. The third-order valence-corrected chi connectivity index (χ3v) is 7.62. The Bertz CT molecular complexity index is 664. The third-order valence-electron chi connectivity index (χ3n) is 7.62. The summed E-state index contributed by atoms with van der Waals surface area (Å²) in [6.07, 6.45) is 33.0. The van der Waals surface area contributed by atoms with Crippen LogP contribution in [0.2, 0.25) is 0 Å². The number of rotatable bonds is 22. The molecule has 0 spiro atoms. The van der Waals surface area contributed by atoms with Crippen LogP contribution in [0.15, 0.2) is 49.1 Å². The smallest absolute Gasteiger partial charge is 0.241 e. The monoisotopic (exact) mass is 467 g/mol. The number of benzene rings is 1. The van der Waals surface area contributed by atoms with Gasteiger partial charge in [-0.05, 0) is 31.2 Å². The molecule has 34 heavy (non-hydrogen) atoms. The molecule has 1 aromatic heterocycles. The molecule has 1 aromatic carbocycles. The average molecular weight is 468 g/mol. The lowest BCUT2D eigenvalue weighted by molar-refractivity contribution is -0.730. The fraction of sp³-hybridized carbons (Fsp3) is 0.719. The number of aromatic amines is 1. The van der Waals surface area contributed by atoms with Crippen molar-refractivity contribution in [2.75, 3.05) is 0 Å². The number of hydrogen-bond acceptors (Lipinski definition) is 0. The van der Waals surface area contributed by atoms with E-state index < -0.39 is 0 Å². The van der Waals surface area contributed by atoms with Gasteiger partial charge in [-0.25, -0.2) is 4.57 Å². The van der Waals surface area contributed by atoms with Crippen molar-refractivity contribution in [2.24, 2.45) is 5.92 Å². The highest BCUT2D eigenvalue weighted by Crippen LogP contribution is 2.28. The van der Waals surface area contributed by atoms with Crippen LogP contribution in [0.1, 0.15) is 141 Å². The molecule has 0 saturated heterocycles. The molecule has 2 unspecified atom stereocenters. The van der Waals surface area contributed by atoms with Gasteiger partial charge in [-0.1, -0.05) is 140 Å². The summed E-state index contributed by atoms with van der Waals surface area (Å²) in [4.78, 5) is 3.30. The fourth-order valence-corrected chi connectivity index (χ4v) is 5.50. The van der Waals surface area contributed by atoms with Gasteiger partial charge in [-0.15, -0.1) is 0 Å². The molecule has 192 valence electrons. The average Bonchev–Trinajstić information content (AvgIpc) is 3.40. The van der Waals surface area contributed by atoms with Crippen LogP contribution in [0.3, 0.4) is 0 Å². The lowest BCUT2D eigenvalue weighted by Gasteiger charge is -2.25. The van der Waals surface area contributed by atoms with Crippen LogP contribution < -0.4 is 4.57 Å². The van der Waals surface area contributed by atoms with Crippen molar-refractivity contribution in [3.8, 4) is 0 Å². The number of nitrogens with one attached hydrogen (secondary N) is 1. The van der Waals surface area contributed by atoms with E-state index in [1.807, 2.05) is 0 Å². The Morgan fingerprint density at radius 1 is 0.647 bits per heavy atom. The molecule has 0 aliphatic heterocycles. The molecule has 2 nitrogen and oxygen atoms in total. The van der Waals surface area contributed by atoms with Crippen LogP contribution >= 0.6 is 0 Å². The molecular weight excluding hydrogens is 412 g/mol. The molecule has 0 aliphatic carbocycles. The van der Waals surface area contributed by atoms with Crippen molar-refractivity contribution >= 4 is 0 Å². The molecule has 1 N–H and O–H groups in total. The summed E-state index contributed by atoms with van der Waals surface area (Å²) >= 11 is 0. The highest BCUT2D eigenvalue weighted by molar-refractivity contribution is 5.15. The summed E-state index contributed by atoms with van der Waals surface area (Å²) in [5.41, 5.74) is 1.49. The Labute approximate surface area is 212 Å². The molecule has 0 bridgehead atoms. The second-order valence-electron chi connectivity index (χ2n) is 10.6. The van der Waals surface area contributed by atoms with E-state index in [4.69, 9.17) is 0 Å². The van der Waals surface area contributed by atoms with Gasteiger partial charge in [-0.3, -0.25) is 4.98 Å². The van der Waals surface area contributed by atoms with Crippen LogP contribution in [0.5, 0.6) is 0 Å². The predicted molar refractivity (Wildman–Crippen MR) is 148 cm³/mol. The van der Waals surface area contributed by atoms with Gasteiger partial charge in [0.05, 0.1) is 0 Å². The molecule has 0 fully saturated rings. The van der Waals surface area contributed by atoms with E-state index in [2.05, 4.69) is 72.5 Å². The van der Waals surface area contributed by atoms with Gasteiger partial charge in [0.2, 0.25) is 6.33 Å². The zero-order valence-electron chi connectivity index (χ0n) is 22.7. The van der Waals surface area contributed by atoms with Crippen molar-refractivity contribution in [3.63, 3.8) is 0 Å². The highest BCUT2D eigenvalue weighted by atomic mass is 15.1. The van der Waals surface area contributed by atoms with E-state index in [0.29, 0.717) is 12.0 Å². The summed E-state index contributed by atoms with van der Waals surface area (Å²) in [5.74, 6) is 0.713. The Hall–Kier alpha value is -1.57. The maximum absolute atomic E-state index is 3.30. The summed E-state index contributed by atoms with van der Waals surface area (Å²) in [7, 11) is 0. The highest BCUT2D eigenvalue weighted by Gasteiger charge is 2.26. The molecule has 0 radical (unpaired) electrons. The largest absolute Gasteiger partial charge is 0.250 e. The Morgan fingerprint density at radius 2 is 1.21 bits per heavy atom. The van der Waals surface area contributed by atoms with E-state index in [9.17, 15) is 0 Å². The molecule has 0 saturated carbocycles. The Morgan fingerprint density at radius 3 is 1.74 bits per heavy atom. The van der Waals surface area contributed by atoms with Gasteiger partial charge in [0.25, 0.3) is 0 Å². The molecular formula is C32H55N2+. The molecule has 2 rings (SSSR count). The van der Waals surface area contributed by atoms with Crippen molar-refractivity contribution < 1.29 is 4.57 Å². The van der Waals surface area contributed by atoms with Crippen molar-refractivity contribution in [1.82, 2.24) is 4.98 Å². The number of nitrogens with zero attached hydrogens (tertiary/aromatic N) is 1. The maximum atomic E-state index is 3.30. The van der Waals surface area contributed by atoms with Crippen molar-refractivity contribution in [2.45, 2.75) is 142 Å². The number of imidazole rings is 1. The number of H-pyrrole nitrogens is 1. The van der Waals surface area contributed by atoms with Crippen LogP contribution in [0, 0.1) is 5.92 Å². The molecule has 2 atom stereocenters. The molecule has 0 amide bonds. The minimum Gasteiger partial charge on any atom is -0.250 e. The molecule has 2 aromatic rings. The summed E-state index contributed by atoms with van der Waals surface area (Å²) < 4.78 is 2.46. The van der Waals surface area contributed by atoms with Crippen molar-refractivity contribution in [3.05, 3.63) is 54.6 Å². The maximum Gasteiger partial charge on any atom is 0.241 e. The van der Waals surface area contributed by atoms with E-state index >= 15 is 0 Å². The van der Waals surface area contributed by atoms with Gasteiger partial charge in [-0.2, -0.15) is 0 Å². The second-order valence-corrected chi connectivity index (χ2v) is 10.6. The van der Waals surface area contributed by atoms with E-state index in [1.54, 1.807) is 0 Å². The third kappa shape index (κ3) is 12.8. The lowest BCUT2D eigenvalue weighted by Crippen LogP contribution is -2.42. The molecule has 1 heterocycles. The zero-order valence-corrected chi connectivity index (χ0v) is 22.7. The van der Waals surface area contributed by atoms with Gasteiger partial charge in [0, 0.05) is 5.92 Å². The molecule has 0 aliphatic rings. The minimum absolute atomic E-state index is 0.607. The van der Waals surface area contributed by atoms with Crippen LogP contribution in [-0.2, 0) is 6.42 Å². The summed E-state index contributed by atoms with van der Waals surface area (Å²) in [6, 6.07) is 11.7. The van der Waals surface area contributed by atoms with Gasteiger partial charge >= 0.3 is 0 Å². The van der Waals surface area contributed by atoms with Crippen molar-refractivity contribution in [1.29, 1.82) is 0 Å². The Balaban J connectivity index is 1.65. The quantitative estimate of drug-likeness (QED) is 0.131. The normalized spacial score (nSPS) is 13.2. The Kier molecular flexibility index (Phi) is 16.6. The standard InChI is InChI=1S/C32H54N2/c1-3-5-7-8-9-10-11-12-13-14-15-16-17-21-25-32(34-27-26-33-29-34)31(24-6-4-2)28-30-22-19-18-20-23-30/h18-20,22-23,26-27,29,31-32H,3-17,21,24-25,28H2,1-2H3/p+1. The second kappa shape index (κ2) is 19.7. The summed E-state index contributed by atoms with van der Waals surface area (Å²) in [5, 5.41) is 0. The first-order valence-electron chi connectivity index (χ1n) is 14.9. The zero-order chi connectivity index (χ0) is 24.1. The summed E-state index contributed by atoms with van der Waals surface area (Å²) in [6.45, 7) is 4.63. The fourth-order valence-electron chi connectivity index (χ4n) is 5.50. The topological polar surface area (TPSA) is 19.7 Å². The first-order valence-corrected chi connectivity index (χ1v) is 14.9. The van der Waals surface area contributed by atoms with E-state index in [-0.39, 0.29) is 0 Å². The van der Waals surface area contributed by atoms with E-state index in [1.165, 1.54) is 128 Å². The predicted octanol–water partition coefficient (Wildman–Crippen LogP) is 9.76. The van der Waals surface area contributed by atoms with Gasteiger partial charge in [0.1, 0.15) is 18.4 Å². The minimum atomic E-state index is 0.607. The van der Waals surface area contributed by atoms with Crippen LogP contribution in [0.4, 0.5) is 0 Å². The molecule has 2 heteroatoms. The van der Waals surface area contributed by atoms with Gasteiger partial charge < -0.3 is 0 Å². The number of unbranched alkanes of at least 4 members (excludes halogenated alkanes) is 14. The number of hydrogen-bond donors (Lipinski definition) is 1. The SMILES string of the molecule is CCCCCCCCCCCCCCCCC(C(CCCC)Cc1ccccc1)[n+]1cc[nH]c1. The number of aromatic nitrogens is 2. The van der Waals surface area contributed by atoms with Gasteiger partial charge in [0.15, 0.2) is 0 Å². The first-order chi connectivity index (χ1) is 16.8. The van der Waals surface area contributed by atoms with Crippen LogP contribution in [-0.4, -0.2) is 4.98 Å². The van der Waals surface area contributed by atoms with E-state index in [0.717, 1.165) is 0 Å². The first kappa shape index (κ1) is 28.7.